The summed E-state index contributed by atoms with van der Waals surface area (Å²) in [5.41, 5.74) is 1.81. The van der Waals surface area contributed by atoms with E-state index in [9.17, 15) is 9.90 Å². The number of rotatable bonds is 4. The number of aryl methyl sites for hydroxylation is 1. The molecule has 0 spiro atoms. The highest BCUT2D eigenvalue weighted by atomic mass is 127. The van der Waals surface area contributed by atoms with Crippen LogP contribution in [0, 0.1) is 3.57 Å². The minimum absolute atomic E-state index is 0.143. The summed E-state index contributed by atoms with van der Waals surface area (Å²) in [4.78, 5) is 16.2. The molecular weight excluding hydrogens is 407 g/mol. The van der Waals surface area contributed by atoms with Crippen molar-refractivity contribution in [2.75, 3.05) is 6.54 Å². The number of aliphatic hydroxyl groups excluding tert-OH is 1. The first-order valence-electron chi connectivity index (χ1n) is 7.44. The summed E-state index contributed by atoms with van der Waals surface area (Å²) < 4.78 is 6.94. The minimum Gasteiger partial charge on any atom is -0.480 e. The Morgan fingerprint density at radius 3 is 3.13 bits per heavy atom. The van der Waals surface area contributed by atoms with Gasteiger partial charge in [0.15, 0.2) is 6.10 Å². The van der Waals surface area contributed by atoms with E-state index in [2.05, 4.69) is 39.0 Å². The monoisotopic (exact) mass is 424 g/mol. The molecule has 120 valence electrons. The quantitative estimate of drug-likeness (QED) is 0.739. The lowest BCUT2D eigenvalue weighted by molar-refractivity contribution is -0.129. The fourth-order valence-electron chi connectivity index (χ4n) is 2.54. The molecule has 0 saturated carbocycles. The van der Waals surface area contributed by atoms with Crippen LogP contribution in [0.5, 0.6) is 5.75 Å². The van der Waals surface area contributed by atoms with Crippen molar-refractivity contribution >= 4 is 28.5 Å². The molecule has 1 aromatic carbocycles. The Morgan fingerprint density at radius 2 is 2.35 bits per heavy atom. The molecular formula is C17H17IN2O3. The Kier molecular flexibility index (Phi) is 5.12. The second-order valence-electron chi connectivity index (χ2n) is 5.44. The fourth-order valence-corrected chi connectivity index (χ4v) is 3.10. The molecule has 6 heteroatoms. The molecule has 0 aliphatic carbocycles. The maximum absolute atomic E-state index is 12.2. The van der Waals surface area contributed by atoms with Crippen molar-refractivity contribution in [2.45, 2.75) is 25.0 Å². The lowest BCUT2D eigenvalue weighted by atomic mass is 10.0. The maximum Gasteiger partial charge on any atom is 0.261 e. The number of pyridine rings is 1. The molecule has 1 aliphatic rings. The molecule has 2 heterocycles. The highest BCUT2D eigenvalue weighted by molar-refractivity contribution is 14.1. The largest absolute Gasteiger partial charge is 0.480 e. The Bertz CT molecular complexity index is 693. The summed E-state index contributed by atoms with van der Waals surface area (Å²) in [6.45, 7) is 0.143. The number of carbonyl (C=O) groups is 1. The minimum atomic E-state index is -0.773. The van der Waals surface area contributed by atoms with Crippen LogP contribution in [0.15, 0.2) is 42.7 Å². The molecule has 5 nitrogen and oxygen atoms in total. The summed E-state index contributed by atoms with van der Waals surface area (Å²) >= 11 is 2.26. The van der Waals surface area contributed by atoms with Gasteiger partial charge in [-0.25, -0.2) is 0 Å². The Hall–Kier alpha value is -1.67. The van der Waals surface area contributed by atoms with Crippen LogP contribution in [-0.4, -0.2) is 28.6 Å². The first-order chi connectivity index (χ1) is 11.1. The van der Waals surface area contributed by atoms with Crippen LogP contribution in [0.25, 0.3) is 0 Å². The van der Waals surface area contributed by atoms with Crippen LogP contribution >= 0.6 is 22.6 Å². The van der Waals surface area contributed by atoms with E-state index in [1.165, 1.54) is 0 Å². The number of hydrogen-bond acceptors (Lipinski definition) is 4. The molecule has 0 saturated heterocycles. The van der Waals surface area contributed by atoms with Crippen molar-refractivity contribution in [3.05, 3.63) is 57.4 Å². The molecule has 2 atom stereocenters. The number of aromatic nitrogens is 1. The van der Waals surface area contributed by atoms with E-state index in [1.807, 2.05) is 12.1 Å². The van der Waals surface area contributed by atoms with Crippen LogP contribution < -0.4 is 10.1 Å². The van der Waals surface area contributed by atoms with Crippen molar-refractivity contribution in [2.24, 2.45) is 0 Å². The third kappa shape index (κ3) is 4.00. The third-order valence-corrected chi connectivity index (χ3v) is 4.47. The van der Waals surface area contributed by atoms with Crippen molar-refractivity contribution < 1.29 is 14.6 Å². The van der Waals surface area contributed by atoms with E-state index in [0.29, 0.717) is 12.0 Å². The number of amides is 1. The second-order valence-corrected chi connectivity index (χ2v) is 6.69. The molecule has 2 aromatic rings. The zero-order valence-corrected chi connectivity index (χ0v) is 14.6. The van der Waals surface area contributed by atoms with Gasteiger partial charge < -0.3 is 15.2 Å². The van der Waals surface area contributed by atoms with Gasteiger partial charge in [-0.05, 0) is 65.3 Å². The molecule has 23 heavy (non-hydrogen) atoms. The van der Waals surface area contributed by atoms with Gasteiger partial charge in [-0.15, -0.1) is 0 Å². The summed E-state index contributed by atoms with van der Waals surface area (Å²) in [6.07, 6.45) is 3.40. The molecule has 1 aromatic heterocycles. The Labute approximate surface area is 148 Å². The van der Waals surface area contributed by atoms with E-state index in [-0.39, 0.29) is 12.5 Å². The number of ether oxygens (including phenoxy) is 1. The average Bonchev–Trinajstić information content (AvgIpc) is 2.59. The molecule has 3 rings (SSSR count). The molecule has 2 unspecified atom stereocenters. The number of benzene rings is 1. The van der Waals surface area contributed by atoms with Gasteiger partial charge in [-0.3, -0.25) is 9.78 Å². The summed E-state index contributed by atoms with van der Waals surface area (Å²) in [7, 11) is 0. The number of fused-ring (bicyclic) bond motifs is 1. The van der Waals surface area contributed by atoms with Crippen molar-refractivity contribution in [1.82, 2.24) is 10.3 Å². The number of nitrogens with one attached hydrogen (secondary N) is 1. The van der Waals surface area contributed by atoms with Gasteiger partial charge >= 0.3 is 0 Å². The predicted molar refractivity (Wildman–Crippen MR) is 94.1 cm³/mol. The highest BCUT2D eigenvalue weighted by Crippen LogP contribution is 2.29. The van der Waals surface area contributed by atoms with Crippen molar-refractivity contribution in [3.8, 4) is 5.75 Å². The van der Waals surface area contributed by atoms with Crippen LogP contribution in [0.2, 0.25) is 0 Å². The van der Waals surface area contributed by atoms with E-state index in [4.69, 9.17) is 4.74 Å². The summed E-state index contributed by atoms with van der Waals surface area (Å²) in [5, 5.41) is 12.8. The van der Waals surface area contributed by atoms with Crippen LogP contribution in [0.1, 0.15) is 23.7 Å². The first kappa shape index (κ1) is 16.2. The zero-order valence-electron chi connectivity index (χ0n) is 12.4. The molecule has 2 N–H and O–H groups in total. The predicted octanol–water partition coefficient (Wildman–Crippen LogP) is 2.23. The normalized spacial score (nSPS) is 17.7. The van der Waals surface area contributed by atoms with Crippen LogP contribution in [0.3, 0.4) is 0 Å². The average molecular weight is 424 g/mol. The smallest absolute Gasteiger partial charge is 0.261 e. The van der Waals surface area contributed by atoms with E-state index in [1.54, 1.807) is 24.5 Å². The van der Waals surface area contributed by atoms with Gasteiger partial charge in [-0.1, -0.05) is 6.07 Å². The second kappa shape index (κ2) is 7.27. The van der Waals surface area contributed by atoms with E-state index < -0.39 is 12.2 Å². The lowest BCUT2D eigenvalue weighted by Gasteiger charge is -2.25. The fraction of sp³-hybridized carbons (Fsp3) is 0.294. The van der Waals surface area contributed by atoms with Crippen molar-refractivity contribution in [1.29, 1.82) is 0 Å². The van der Waals surface area contributed by atoms with Gasteiger partial charge in [-0.2, -0.15) is 0 Å². The van der Waals surface area contributed by atoms with Gasteiger partial charge in [0.05, 0.1) is 6.10 Å². The standard InChI is InChI=1S/C17H17IN2O3/c18-13-4-6-15-11(8-13)3-5-16(23-15)17(22)20-10-14(21)12-2-1-7-19-9-12/h1-2,4,6-9,14,16,21H,3,5,10H2,(H,20,22). The molecule has 0 fully saturated rings. The Balaban J connectivity index is 1.56. The summed E-state index contributed by atoms with van der Waals surface area (Å²) in [6, 6.07) is 9.48. The third-order valence-electron chi connectivity index (χ3n) is 3.80. The van der Waals surface area contributed by atoms with Crippen LogP contribution in [-0.2, 0) is 11.2 Å². The lowest BCUT2D eigenvalue weighted by Crippen LogP contribution is -2.41. The number of hydrogen-bond donors (Lipinski definition) is 2. The zero-order chi connectivity index (χ0) is 16.2. The molecule has 0 radical (unpaired) electrons. The van der Waals surface area contributed by atoms with E-state index in [0.717, 1.165) is 21.3 Å². The van der Waals surface area contributed by atoms with Gasteiger partial charge in [0.25, 0.3) is 5.91 Å². The molecule has 0 bridgehead atoms. The van der Waals surface area contributed by atoms with Gasteiger partial charge in [0.1, 0.15) is 5.75 Å². The van der Waals surface area contributed by atoms with Crippen molar-refractivity contribution in [3.63, 3.8) is 0 Å². The Morgan fingerprint density at radius 1 is 1.48 bits per heavy atom. The highest BCUT2D eigenvalue weighted by Gasteiger charge is 2.26. The number of nitrogens with zero attached hydrogens (tertiary/aromatic N) is 1. The molecule has 1 amide bonds. The first-order valence-corrected chi connectivity index (χ1v) is 8.52. The number of halogens is 1. The number of aliphatic hydroxyl groups is 1. The SMILES string of the molecule is O=C(NCC(O)c1cccnc1)C1CCc2cc(I)ccc2O1. The van der Waals surface area contributed by atoms with Gasteiger partial charge in [0, 0.05) is 28.1 Å². The summed E-state index contributed by atoms with van der Waals surface area (Å²) in [5.74, 6) is 0.571. The van der Waals surface area contributed by atoms with E-state index >= 15 is 0 Å². The van der Waals surface area contributed by atoms with Crippen LogP contribution in [0.4, 0.5) is 0 Å². The maximum atomic E-state index is 12.2. The number of carbonyl (C=O) groups excluding carboxylic acids is 1. The molecule has 1 aliphatic heterocycles. The topological polar surface area (TPSA) is 71.5 Å². The van der Waals surface area contributed by atoms with Gasteiger partial charge in [0.2, 0.25) is 0 Å².